The number of halogens is 1. The zero-order chi connectivity index (χ0) is 22.1. The molecule has 1 atom stereocenters. The van der Waals surface area contributed by atoms with E-state index in [4.69, 9.17) is 26.4 Å². The molecule has 1 aromatic heterocycles. The van der Waals surface area contributed by atoms with Gasteiger partial charge in [0.05, 0.1) is 6.61 Å². The minimum atomic E-state index is -0.353. The van der Waals surface area contributed by atoms with Crippen LogP contribution in [0.25, 0.3) is 0 Å². The number of aromatic nitrogens is 3. The lowest BCUT2D eigenvalue weighted by molar-refractivity contribution is -0.116. The van der Waals surface area contributed by atoms with E-state index in [0.717, 1.165) is 51.8 Å². The number of nitrogens with zero attached hydrogens (tertiary/aromatic N) is 3. The highest BCUT2D eigenvalue weighted by Crippen LogP contribution is 2.43. The second-order valence-corrected chi connectivity index (χ2v) is 9.12. The fourth-order valence-electron chi connectivity index (χ4n) is 4.21. The maximum atomic E-state index is 13.0. The Morgan fingerprint density at radius 1 is 1.19 bits per heavy atom. The number of benzene rings is 2. The number of anilines is 1. The van der Waals surface area contributed by atoms with E-state index in [1.807, 2.05) is 60.1 Å². The summed E-state index contributed by atoms with van der Waals surface area (Å²) >= 11 is 7.55. The minimum Gasteiger partial charge on any atom is -0.494 e. The first kappa shape index (κ1) is 21.1. The predicted molar refractivity (Wildman–Crippen MR) is 126 cm³/mol. The largest absolute Gasteiger partial charge is 0.494 e. The number of allylic oxidation sites excluding steroid dienone is 2. The molecule has 164 valence electrons. The average Bonchev–Trinajstić information content (AvgIpc) is 3.21. The quantitative estimate of drug-likeness (QED) is 0.474. The number of Topliss-reactive ketones (excluding diaryl/α,β-unsaturated/α-hetero) is 1. The second kappa shape index (κ2) is 9.00. The topological polar surface area (TPSA) is 69.0 Å². The van der Waals surface area contributed by atoms with Gasteiger partial charge in [-0.1, -0.05) is 53.7 Å². The third-order valence-corrected chi connectivity index (χ3v) is 6.80. The molecule has 0 saturated heterocycles. The summed E-state index contributed by atoms with van der Waals surface area (Å²) in [7, 11) is 0. The molecule has 0 radical (unpaired) electrons. The summed E-state index contributed by atoms with van der Waals surface area (Å²) in [5.41, 5.74) is 3.80. The number of ketones is 1. The number of hydrogen-bond acceptors (Lipinski definition) is 6. The first-order valence-electron chi connectivity index (χ1n) is 10.7. The average molecular weight is 467 g/mol. The van der Waals surface area contributed by atoms with Gasteiger partial charge in [-0.2, -0.15) is 4.98 Å². The Bertz CT molecular complexity index is 1190. The Morgan fingerprint density at radius 2 is 2.00 bits per heavy atom. The molecule has 1 unspecified atom stereocenters. The third-order valence-electron chi connectivity index (χ3n) is 5.64. The summed E-state index contributed by atoms with van der Waals surface area (Å²) in [4.78, 5) is 17.8. The first-order valence-corrected chi connectivity index (χ1v) is 12.1. The zero-order valence-electron chi connectivity index (χ0n) is 17.7. The fourth-order valence-corrected chi connectivity index (χ4v) is 5.12. The van der Waals surface area contributed by atoms with Crippen LogP contribution in [0, 0.1) is 0 Å². The SMILES string of the molecule is CCOc1ccccc1C1C2=C(CCCC2=O)Nc2nc(SCc3ccc(Cl)cc3)nn21. The van der Waals surface area contributed by atoms with E-state index >= 15 is 0 Å². The minimum absolute atomic E-state index is 0.159. The van der Waals surface area contributed by atoms with Gasteiger partial charge in [0.2, 0.25) is 11.1 Å². The van der Waals surface area contributed by atoms with Gasteiger partial charge in [-0.3, -0.25) is 4.79 Å². The summed E-state index contributed by atoms with van der Waals surface area (Å²) < 4.78 is 7.75. The van der Waals surface area contributed by atoms with Crippen LogP contribution in [0.2, 0.25) is 5.02 Å². The number of hydrogen-bond donors (Lipinski definition) is 1. The molecule has 5 rings (SSSR count). The van der Waals surface area contributed by atoms with Crippen molar-refractivity contribution in [1.82, 2.24) is 14.8 Å². The maximum absolute atomic E-state index is 13.0. The summed E-state index contributed by atoms with van der Waals surface area (Å²) in [5, 5.41) is 9.57. The van der Waals surface area contributed by atoms with Crippen LogP contribution in [-0.2, 0) is 10.5 Å². The zero-order valence-corrected chi connectivity index (χ0v) is 19.2. The molecule has 6 nitrogen and oxygen atoms in total. The Hall–Kier alpha value is -2.77. The molecule has 2 heterocycles. The third kappa shape index (κ3) is 4.02. The normalized spacial score (nSPS) is 17.6. The van der Waals surface area contributed by atoms with Crippen LogP contribution in [0.1, 0.15) is 43.4 Å². The number of fused-ring (bicyclic) bond motifs is 1. The number of ether oxygens (including phenoxy) is 1. The van der Waals surface area contributed by atoms with Crippen molar-refractivity contribution < 1.29 is 9.53 Å². The van der Waals surface area contributed by atoms with Crippen molar-refractivity contribution in [3.63, 3.8) is 0 Å². The molecule has 1 N–H and O–H groups in total. The molecular weight excluding hydrogens is 444 g/mol. The van der Waals surface area contributed by atoms with E-state index in [1.165, 1.54) is 0 Å². The van der Waals surface area contributed by atoms with E-state index < -0.39 is 0 Å². The fraction of sp³-hybridized carbons (Fsp3) is 0.292. The second-order valence-electron chi connectivity index (χ2n) is 7.75. The molecule has 32 heavy (non-hydrogen) atoms. The molecule has 2 aliphatic rings. The molecule has 1 aliphatic carbocycles. The lowest BCUT2D eigenvalue weighted by Gasteiger charge is -2.32. The highest BCUT2D eigenvalue weighted by molar-refractivity contribution is 7.98. The van der Waals surface area contributed by atoms with E-state index in [0.29, 0.717) is 24.1 Å². The number of nitrogens with one attached hydrogen (secondary N) is 1. The van der Waals surface area contributed by atoms with Crippen LogP contribution in [0.15, 0.2) is 65.0 Å². The van der Waals surface area contributed by atoms with E-state index in [-0.39, 0.29) is 11.8 Å². The predicted octanol–water partition coefficient (Wildman–Crippen LogP) is 5.64. The molecule has 2 aromatic carbocycles. The Kier molecular flexibility index (Phi) is 5.93. The van der Waals surface area contributed by atoms with Gasteiger partial charge in [-0.15, -0.1) is 5.10 Å². The standard InChI is InChI=1S/C24H23ClN4O2S/c1-2-31-20-9-4-3-6-17(20)22-21-18(7-5-8-19(21)30)26-23-27-24(28-29(22)23)32-14-15-10-12-16(25)13-11-15/h3-4,6,9-13,22H,2,5,7-8,14H2,1H3,(H,26,27,28). The van der Waals surface area contributed by atoms with Crippen LogP contribution in [0.3, 0.4) is 0 Å². The lowest BCUT2D eigenvalue weighted by atomic mass is 9.85. The molecule has 0 spiro atoms. The number of rotatable bonds is 6. The van der Waals surface area contributed by atoms with Crippen molar-refractivity contribution in [1.29, 1.82) is 0 Å². The van der Waals surface area contributed by atoms with Crippen molar-refractivity contribution in [2.24, 2.45) is 0 Å². The van der Waals surface area contributed by atoms with Crippen molar-refractivity contribution >= 4 is 35.1 Å². The molecule has 0 bridgehead atoms. The Labute approximate surface area is 196 Å². The lowest BCUT2D eigenvalue weighted by Crippen LogP contribution is -2.31. The Balaban J connectivity index is 1.52. The molecule has 0 saturated carbocycles. The summed E-state index contributed by atoms with van der Waals surface area (Å²) in [6.07, 6.45) is 2.22. The monoisotopic (exact) mass is 466 g/mol. The summed E-state index contributed by atoms with van der Waals surface area (Å²) in [6.45, 7) is 2.51. The Morgan fingerprint density at radius 3 is 2.81 bits per heavy atom. The van der Waals surface area contributed by atoms with Gasteiger partial charge in [0.1, 0.15) is 11.8 Å². The van der Waals surface area contributed by atoms with E-state index in [2.05, 4.69) is 5.32 Å². The number of para-hydroxylation sites is 1. The van der Waals surface area contributed by atoms with Gasteiger partial charge in [0, 0.05) is 34.0 Å². The van der Waals surface area contributed by atoms with Gasteiger partial charge in [0.25, 0.3) is 0 Å². The molecule has 1 aliphatic heterocycles. The van der Waals surface area contributed by atoms with Crippen molar-refractivity contribution in [2.75, 3.05) is 11.9 Å². The highest BCUT2D eigenvalue weighted by atomic mass is 35.5. The van der Waals surface area contributed by atoms with Crippen LogP contribution in [0.4, 0.5) is 5.95 Å². The maximum Gasteiger partial charge on any atom is 0.227 e. The van der Waals surface area contributed by atoms with E-state index in [1.54, 1.807) is 11.8 Å². The van der Waals surface area contributed by atoms with Crippen LogP contribution >= 0.6 is 23.4 Å². The number of carbonyl (C=O) groups is 1. The first-order chi connectivity index (χ1) is 15.6. The van der Waals surface area contributed by atoms with E-state index in [9.17, 15) is 4.79 Å². The van der Waals surface area contributed by atoms with Gasteiger partial charge < -0.3 is 10.1 Å². The van der Waals surface area contributed by atoms with Gasteiger partial charge >= 0.3 is 0 Å². The molecule has 0 amide bonds. The van der Waals surface area contributed by atoms with Crippen LogP contribution in [0.5, 0.6) is 5.75 Å². The molecule has 8 heteroatoms. The highest BCUT2D eigenvalue weighted by Gasteiger charge is 2.38. The van der Waals surface area contributed by atoms with Gasteiger partial charge in [0.15, 0.2) is 5.78 Å². The smallest absolute Gasteiger partial charge is 0.227 e. The van der Waals surface area contributed by atoms with Crippen molar-refractivity contribution in [3.8, 4) is 5.75 Å². The van der Waals surface area contributed by atoms with Crippen molar-refractivity contribution in [3.05, 3.63) is 76.0 Å². The number of carbonyl (C=O) groups excluding carboxylic acids is 1. The summed E-state index contributed by atoms with van der Waals surface area (Å²) in [6, 6.07) is 15.3. The molecule has 0 fully saturated rings. The van der Waals surface area contributed by atoms with Crippen LogP contribution in [-0.4, -0.2) is 27.2 Å². The number of thioether (sulfide) groups is 1. The van der Waals surface area contributed by atoms with Crippen molar-refractivity contribution in [2.45, 2.75) is 43.1 Å². The van der Waals surface area contributed by atoms with Gasteiger partial charge in [-0.25, -0.2) is 4.68 Å². The molecular formula is C24H23ClN4O2S. The summed E-state index contributed by atoms with van der Waals surface area (Å²) in [5.74, 6) is 2.32. The van der Waals surface area contributed by atoms with Crippen LogP contribution < -0.4 is 10.1 Å². The molecule has 3 aromatic rings. The van der Waals surface area contributed by atoms with Gasteiger partial charge in [-0.05, 0) is 43.5 Å².